The van der Waals surface area contributed by atoms with Crippen LogP contribution in [0.3, 0.4) is 0 Å². The van der Waals surface area contributed by atoms with E-state index in [0.717, 1.165) is 25.5 Å². The van der Waals surface area contributed by atoms with Crippen LogP contribution in [0.15, 0.2) is 18.3 Å². The van der Waals surface area contributed by atoms with Crippen molar-refractivity contribution in [3.8, 4) is 0 Å². The number of aromatic nitrogens is 1. The van der Waals surface area contributed by atoms with Gasteiger partial charge in [-0.3, -0.25) is 0 Å². The largest absolute Gasteiger partial charge is 0.357 e. The lowest BCUT2D eigenvalue weighted by molar-refractivity contribution is 0.588. The first-order valence-corrected chi connectivity index (χ1v) is 6.10. The molecule has 0 bridgehead atoms. The predicted octanol–water partition coefficient (Wildman–Crippen LogP) is 2.43. The lowest BCUT2D eigenvalue weighted by atomic mass is 10.2. The molecule has 16 heavy (non-hydrogen) atoms. The fraction of sp³-hybridized carbons (Fsp3) is 0.615. The third-order valence-electron chi connectivity index (χ3n) is 2.61. The minimum absolute atomic E-state index is 0.519. The average Bonchev–Trinajstić information content (AvgIpc) is 2.29. The van der Waals surface area contributed by atoms with Gasteiger partial charge in [-0.25, -0.2) is 4.98 Å². The first-order valence-electron chi connectivity index (χ1n) is 6.10. The van der Waals surface area contributed by atoms with Gasteiger partial charge >= 0.3 is 0 Å². The van der Waals surface area contributed by atoms with E-state index in [0.29, 0.717) is 6.04 Å². The van der Waals surface area contributed by atoms with E-state index >= 15 is 0 Å². The summed E-state index contributed by atoms with van der Waals surface area (Å²) in [4.78, 5) is 6.67. The lowest BCUT2D eigenvalue weighted by Crippen LogP contribution is -2.24. The molecule has 0 fully saturated rings. The van der Waals surface area contributed by atoms with E-state index < -0.39 is 0 Å². The molecule has 0 aliphatic rings. The van der Waals surface area contributed by atoms with Gasteiger partial charge in [-0.05, 0) is 31.5 Å². The van der Waals surface area contributed by atoms with Crippen LogP contribution in [0.2, 0.25) is 0 Å². The first kappa shape index (κ1) is 13.0. The van der Waals surface area contributed by atoms with Crippen LogP contribution in [0.5, 0.6) is 0 Å². The highest BCUT2D eigenvalue weighted by atomic mass is 15.2. The van der Waals surface area contributed by atoms with Gasteiger partial charge in [-0.2, -0.15) is 0 Å². The number of anilines is 1. The van der Waals surface area contributed by atoms with Crippen LogP contribution in [-0.2, 0) is 6.54 Å². The van der Waals surface area contributed by atoms with E-state index in [4.69, 9.17) is 0 Å². The number of hydrogen-bond donors (Lipinski definition) is 1. The molecule has 3 nitrogen and oxygen atoms in total. The van der Waals surface area contributed by atoms with Crippen LogP contribution in [0, 0.1) is 0 Å². The third-order valence-corrected chi connectivity index (χ3v) is 2.61. The molecule has 1 heterocycles. The monoisotopic (exact) mass is 221 g/mol. The van der Waals surface area contributed by atoms with Crippen molar-refractivity contribution in [1.82, 2.24) is 10.3 Å². The minimum Gasteiger partial charge on any atom is -0.357 e. The lowest BCUT2D eigenvalue weighted by Gasteiger charge is -2.20. The van der Waals surface area contributed by atoms with Gasteiger partial charge in [0.25, 0.3) is 0 Å². The highest BCUT2D eigenvalue weighted by Crippen LogP contribution is 2.12. The fourth-order valence-corrected chi connectivity index (χ4v) is 1.61. The van der Waals surface area contributed by atoms with E-state index in [1.54, 1.807) is 0 Å². The summed E-state index contributed by atoms with van der Waals surface area (Å²) in [7, 11) is 0. The van der Waals surface area contributed by atoms with Crippen molar-refractivity contribution in [3.63, 3.8) is 0 Å². The molecular formula is C13H23N3. The zero-order valence-corrected chi connectivity index (χ0v) is 10.8. The Bertz CT molecular complexity index is 306. The van der Waals surface area contributed by atoms with Crippen LogP contribution in [0.4, 0.5) is 5.82 Å². The van der Waals surface area contributed by atoms with Crippen molar-refractivity contribution in [2.45, 2.75) is 40.3 Å². The summed E-state index contributed by atoms with van der Waals surface area (Å²) >= 11 is 0. The van der Waals surface area contributed by atoms with E-state index in [9.17, 15) is 0 Å². The molecule has 0 aromatic carbocycles. The Kier molecular flexibility index (Phi) is 5.26. The van der Waals surface area contributed by atoms with Crippen molar-refractivity contribution in [2.24, 2.45) is 0 Å². The molecule has 0 atom stereocenters. The summed E-state index contributed by atoms with van der Waals surface area (Å²) in [5.74, 6) is 1.08. The zero-order valence-electron chi connectivity index (χ0n) is 10.8. The molecule has 0 saturated heterocycles. The van der Waals surface area contributed by atoms with Crippen LogP contribution in [0.1, 0.15) is 33.3 Å². The van der Waals surface area contributed by atoms with Gasteiger partial charge in [0.2, 0.25) is 0 Å². The molecule has 1 aromatic rings. The van der Waals surface area contributed by atoms with Crippen LogP contribution in [-0.4, -0.2) is 24.1 Å². The summed E-state index contributed by atoms with van der Waals surface area (Å²) in [6.07, 6.45) is 1.89. The maximum absolute atomic E-state index is 4.41. The zero-order chi connectivity index (χ0) is 12.0. The standard InChI is InChI=1S/C13H23N3/c1-5-16(6-2)13-9-12(7-8-14-13)10-15-11(3)4/h7-9,11,15H,5-6,10H2,1-4H3. The quantitative estimate of drug-likeness (QED) is 0.799. The summed E-state index contributed by atoms with van der Waals surface area (Å²) in [5, 5.41) is 3.42. The van der Waals surface area contributed by atoms with Gasteiger partial charge in [0.05, 0.1) is 0 Å². The Hall–Kier alpha value is -1.09. The number of rotatable bonds is 6. The van der Waals surface area contributed by atoms with Crippen LogP contribution < -0.4 is 10.2 Å². The number of hydrogen-bond acceptors (Lipinski definition) is 3. The SMILES string of the molecule is CCN(CC)c1cc(CNC(C)C)ccn1. The Balaban J connectivity index is 2.70. The molecule has 0 radical (unpaired) electrons. The highest BCUT2D eigenvalue weighted by Gasteiger charge is 2.04. The molecule has 0 aliphatic carbocycles. The Morgan fingerprint density at radius 3 is 2.56 bits per heavy atom. The summed E-state index contributed by atoms with van der Waals surface area (Å²) in [6.45, 7) is 11.6. The van der Waals surface area contributed by atoms with Gasteiger partial charge in [-0.15, -0.1) is 0 Å². The maximum Gasteiger partial charge on any atom is 0.128 e. The fourth-order valence-electron chi connectivity index (χ4n) is 1.61. The second kappa shape index (κ2) is 6.48. The molecule has 90 valence electrons. The van der Waals surface area contributed by atoms with Crippen molar-refractivity contribution >= 4 is 5.82 Å². The normalized spacial score (nSPS) is 10.8. The van der Waals surface area contributed by atoms with Crippen LogP contribution >= 0.6 is 0 Å². The molecule has 1 N–H and O–H groups in total. The molecule has 3 heteroatoms. The van der Waals surface area contributed by atoms with Gasteiger partial charge < -0.3 is 10.2 Å². The summed E-state index contributed by atoms with van der Waals surface area (Å²) in [6, 6.07) is 4.76. The molecule has 0 spiro atoms. The minimum atomic E-state index is 0.519. The van der Waals surface area contributed by atoms with Gasteiger partial charge in [0.15, 0.2) is 0 Å². The summed E-state index contributed by atoms with van der Waals surface area (Å²) in [5.41, 5.74) is 1.30. The Labute approximate surface area is 98.9 Å². The smallest absolute Gasteiger partial charge is 0.128 e. The van der Waals surface area contributed by atoms with Crippen molar-refractivity contribution in [3.05, 3.63) is 23.9 Å². The molecular weight excluding hydrogens is 198 g/mol. The van der Waals surface area contributed by atoms with E-state index in [-0.39, 0.29) is 0 Å². The molecule has 0 saturated carbocycles. The number of pyridine rings is 1. The van der Waals surface area contributed by atoms with E-state index in [2.05, 4.69) is 55.0 Å². The van der Waals surface area contributed by atoms with Crippen molar-refractivity contribution in [2.75, 3.05) is 18.0 Å². The van der Waals surface area contributed by atoms with E-state index in [1.807, 2.05) is 6.20 Å². The van der Waals surface area contributed by atoms with E-state index in [1.165, 1.54) is 5.56 Å². The predicted molar refractivity (Wildman–Crippen MR) is 69.8 cm³/mol. The topological polar surface area (TPSA) is 28.2 Å². The van der Waals surface area contributed by atoms with Gasteiger partial charge in [0, 0.05) is 31.9 Å². The van der Waals surface area contributed by atoms with Crippen molar-refractivity contribution in [1.29, 1.82) is 0 Å². The van der Waals surface area contributed by atoms with Crippen molar-refractivity contribution < 1.29 is 0 Å². The molecule has 0 amide bonds. The number of nitrogens with zero attached hydrogens (tertiary/aromatic N) is 2. The van der Waals surface area contributed by atoms with Gasteiger partial charge in [0.1, 0.15) is 5.82 Å². The van der Waals surface area contributed by atoms with Crippen LogP contribution in [0.25, 0.3) is 0 Å². The molecule has 1 aromatic heterocycles. The first-order chi connectivity index (χ1) is 7.67. The van der Waals surface area contributed by atoms with Gasteiger partial charge in [-0.1, -0.05) is 13.8 Å². The molecule has 0 aliphatic heterocycles. The Morgan fingerprint density at radius 2 is 2.00 bits per heavy atom. The summed E-state index contributed by atoms with van der Waals surface area (Å²) < 4.78 is 0. The average molecular weight is 221 g/mol. The maximum atomic E-state index is 4.41. The molecule has 1 rings (SSSR count). The molecule has 0 unspecified atom stereocenters. The number of nitrogens with one attached hydrogen (secondary N) is 1. The second-order valence-electron chi connectivity index (χ2n) is 4.23. The highest BCUT2D eigenvalue weighted by molar-refractivity contribution is 5.40. The Morgan fingerprint density at radius 1 is 1.31 bits per heavy atom. The third kappa shape index (κ3) is 3.81. The second-order valence-corrected chi connectivity index (χ2v) is 4.23.